The number of carbonyl (C=O) groups excluding carboxylic acids is 1. The third-order valence-corrected chi connectivity index (χ3v) is 4.27. The van der Waals surface area contributed by atoms with E-state index >= 15 is 0 Å². The molecule has 0 heterocycles. The normalized spacial score (nSPS) is 10.9. The highest BCUT2D eigenvalue weighted by molar-refractivity contribution is 6.09. The average molecular weight is 401 g/mol. The van der Waals surface area contributed by atoms with Crippen molar-refractivity contribution in [2.75, 3.05) is 5.32 Å². The second-order valence-electron chi connectivity index (χ2n) is 6.48. The van der Waals surface area contributed by atoms with Crippen molar-refractivity contribution in [1.29, 1.82) is 5.26 Å². The van der Waals surface area contributed by atoms with E-state index in [1.165, 1.54) is 42.5 Å². The lowest BCUT2D eigenvalue weighted by Gasteiger charge is -2.05. The Morgan fingerprint density at radius 3 is 2.47 bits per heavy atom. The molecule has 1 N–H and O–H groups in total. The van der Waals surface area contributed by atoms with E-state index in [2.05, 4.69) is 5.32 Å². The molecule has 0 aliphatic carbocycles. The number of halogens is 1. The Morgan fingerprint density at radius 2 is 1.80 bits per heavy atom. The quantitative estimate of drug-likeness (QED) is 0.276. The van der Waals surface area contributed by atoms with Gasteiger partial charge in [0.2, 0.25) is 0 Å². The van der Waals surface area contributed by atoms with Crippen LogP contribution in [0.3, 0.4) is 0 Å². The smallest absolute Gasteiger partial charge is 0.271 e. The molecule has 6 nitrogen and oxygen atoms in total. The number of amides is 1. The van der Waals surface area contributed by atoms with Crippen LogP contribution in [0.2, 0.25) is 0 Å². The molecule has 0 unspecified atom stereocenters. The van der Waals surface area contributed by atoms with Gasteiger partial charge in [0, 0.05) is 17.8 Å². The average Bonchev–Trinajstić information content (AvgIpc) is 2.73. The molecule has 0 saturated heterocycles. The van der Waals surface area contributed by atoms with Crippen LogP contribution in [0, 0.1) is 27.3 Å². The number of nitriles is 1. The van der Waals surface area contributed by atoms with Crippen molar-refractivity contribution in [3.63, 3.8) is 0 Å². The summed E-state index contributed by atoms with van der Waals surface area (Å²) in [5.74, 6) is -0.956. The molecule has 0 aromatic heterocycles. The number of nitrogens with one attached hydrogen (secondary N) is 1. The fourth-order valence-corrected chi connectivity index (χ4v) is 2.83. The van der Waals surface area contributed by atoms with E-state index < -0.39 is 10.8 Å². The lowest BCUT2D eigenvalue weighted by molar-refractivity contribution is -0.384. The van der Waals surface area contributed by atoms with Crippen molar-refractivity contribution in [2.45, 2.75) is 6.42 Å². The van der Waals surface area contributed by atoms with Gasteiger partial charge in [-0.05, 0) is 47.4 Å². The van der Waals surface area contributed by atoms with E-state index in [1.807, 2.05) is 24.3 Å². The molecular weight excluding hydrogens is 385 g/mol. The van der Waals surface area contributed by atoms with E-state index in [9.17, 15) is 24.6 Å². The van der Waals surface area contributed by atoms with Gasteiger partial charge >= 0.3 is 0 Å². The van der Waals surface area contributed by atoms with Gasteiger partial charge in [-0.3, -0.25) is 14.9 Å². The second-order valence-corrected chi connectivity index (χ2v) is 6.48. The van der Waals surface area contributed by atoms with Crippen molar-refractivity contribution in [2.24, 2.45) is 0 Å². The van der Waals surface area contributed by atoms with E-state index in [0.717, 1.165) is 11.1 Å². The number of hydrogen-bond acceptors (Lipinski definition) is 4. The third-order valence-electron chi connectivity index (χ3n) is 4.27. The molecule has 3 aromatic carbocycles. The van der Waals surface area contributed by atoms with Gasteiger partial charge in [-0.25, -0.2) is 4.39 Å². The highest BCUT2D eigenvalue weighted by Gasteiger charge is 2.12. The monoisotopic (exact) mass is 401 g/mol. The maximum Gasteiger partial charge on any atom is 0.271 e. The van der Waals surface area contributed by atoms with Crippen molar-refractivity contribution in [3.05, 3.63) is 111 Å². The molecule has 0 radical (unpaired) electrons. The van der Waals surface area contributed by atoms with E-state index in [0.29, 0.717) is 12.0 Å². The van der Waals surface area contributed by atoms with Crippen LogP contribution in [-0.4, -0.2) is 10.8 Å². The minimum Gasteiger partial charge on any atom is -0.321 e. The summed E-state index contributed by atoms with van der Waals surface area (Å²) in [7, 11) is 0. The number of non-ortho nitro benzene ring substituents is 1. The first kappa shape index (κ1) is 20.4. The Kier molecular flexibility index (Phi) is 6.30. The maximum atomic E-state index is 13.3. The van der Waals surface area contributed by atoms with Crippen LogP contribution in [-0.2, 0) is 11.2 Å². The number of benzene rings is 3. The predicted octanol–water partition coefficient (Wildman–Crippen LogP) is 4.87. The van der Waals surface area contributed by atoms with Crippen molar-refractivity contribution < 1.29 is 14.1 Å². The molecule has 0 atom stereocenters. The van der Waals surface area contributed by atoms with Crippen molar-refractivity contribution >= 4 is 23.4 Å². The number of carbonyl (C=O) groups is 1. The third kappa shape index (κ3) is 5.36. The molecule has 148 valence electrons. The van der Waals surface area contributed by atoms with Crippen LogP contribution < -0.4 is 5.32 Å². The van der Waals surface area contributed by atoms with E-state index in [1.54, 1.807) is 18.2 Å². The van der Waals surface area contributed by atoms with Crippen LogP contribution in [0.5, 0.6) is 0 Å². The maximum absolute atomic E-state index is 13.3. The predicted molar refractivity (Wildman–Crippen MR) is 111 cm³/mol. The molecule has 7 heteroatoms. The number of nitrogens with zero attached hydrogens (tertiary/aromatic N) is 2. The molecule has 0 aliphatic rings. The first-order chi connectivity index (χ1) is 14.4. The van der Waals surface area contributed by atoms with Gasteiger partial charge in [0.1, 0.15) is 17.5 Å². The van der Waals surface area contributed by atoms with Gasteiger partial charge in [-0.15, -0.1) is 0 Å². The number of nitro benzene ring substituents is 1. The lowest BCUT2D eigenvalue weighted by atomic mass is 10.0. The standard InChI is InChI=1S/C23H16FN3O3/c24-20-4-1-3-18(13-20)11-16-7-9-17(10-8-16)12-19(15-25)23(28)26-21-5-2-6-22(14-21)27(29)30/h1-10,12-14H,11H2,(H,26,28)/b19-12+. The van der Waals surface area contributed by atoms with Crippen molar-refractivity contribution in [1.82, 2.24) is 0 Å². The van der Waals surface area contributed by atoms with Crippen LogP contribution in [0.4, 0.5) is 15.8 Å². The minimum absolute atomic E-state index is 0.139. The Balaban J connectivity index is 1.72. The number of hydrogen-bond donors (Lipinski definition) is 1. The second kappa shape index (κ2) is 9.26. The zero-order valence-electron chi connectivity index (χ0n) is 15.7. The fourth-order valence-electron chi connectivity index (χ4n) is 2.83. The van der Waals surface area contributed by atoms with Gasteiger partial charge in [0.15, 0.2) is 0 Å². The molecule has 3 aromatic rings. The summed E-state index contributed by atoms with van der Waals surface area (Å²) in [4.78, 5) is 22.6. The topological polar surface area (TPSA) is 96.0 Å². The Hall–Kier alpha value is -4.31. The highest BCUT2D eigenvalue weighted by atomic mass is 19.1. The summed E-state index contributed by atoms with van der Waals surface area (Å²) < 4.78 is 13.3. The molecule has 0 spiro atoms. The fraction of sp³-hybridized carbons (Fsp3) is 0.0435. The van der Waals surface area contributed by atoms with Crippen LogP contribution in [0.1, 0.15) is 16.7 Å². The first-order valence-corrected chi connectivity index (χ1v) is 8.95. The zero-order valence-corrected chi connectivity index (χ0v) is 15.7. The summed E-state index contributed by atoms with van der Waals surface area (Å²) in [6, 6.07) is 20.9. The molecule has 0 fully saturated rings. The Morgan fingerprint density at radius 1 is 1.07 bits per heavy atom. The van der Waals surface area contributed by atoms with E-state index in [4.69, 9.17) is 0 Å². The lowest BCUT2D eigenvalue weighted by Crippen LogP contribution is -2.13. The van der Waals surface area contributed by atoms with Gasteiger partial charge < -0.3 is 5.32 Å². The SMILES string of the molecule is N#C/C(=C\c1ccc(Cc2cccc(F)c2)cc1)C(=O)Nc1cccc([N+](=O)[O-])c1. The molecular formula is C23H16FN3O3. The molecule has 0 aliphatic heterocycles. The first-order valence-electron chi connectivity index (χ1n) is 8.95. The number of nitro groups is 1. The molecule has 0 bridgehead atoms. The van der Waals surface area contributed by atoms with E-state index in [-0.39, 0.29) is 22.8 Å². The molecule has 30 heavy (non-hydrogen) atoms. The minimum atomic E-state index is -0.665. The highest BCUT2D eigenvalue weighted by Crippen LogP contribution is 2.18. The number of rotatable bonds is 6. The Bertz CT molecular complexity index is 1160. The van der Waals surface area contributed by atoms with Gasteiger partial charge in [0.05, 0.1) is 4.92 Å². The zero-order chi connectivity index (χ0) is 21.5. The Labute approximate surface area is 172 Å². The summed E-state index contributed by atoms with van der Waals surface area (Å²) in [6.45, 7) is 0. The van der Waals surface area contributed by atoms with Crippen molar-refractivity contribution in [3.8, 4) is 6.07 Å². The van der Waals surface area contributed by atoms with Crippen LogP contribution in [0.15, 0.2) is 78.4 Å². The summed E-state index contributed by atoms with van der Waals surface area (Å²) in [6.07, 6.45) is 1.98. The summed E-state index contributed by atoms with van der Waals surface area (Å²) >= 11 is 0. The van der Waals surface area contributed by atoms with Gasteiger partial charge in [-0.2, -0.15) is 5.26 Å². The molecule has 1 amide bonds. The van der Waals surface area contributed by atoms with Gasteiger partial charge in [-0.1, -0.05) is 42.5 Å². The van der Waals surface area contributed by atoms with Gasteiger partial charge in [0.25, 0.3) is 11.6 Å². The van der Waals surface area contributed by atoms with Crippen LogP contribution in [0.25, 0.3) is 6.08 Å². The summed E-state index contributed by atoms with van der Waals surface area (Å²) in [5.41, 5.74) is 2.36. The molecule has 3 rings (SSSR count). The largest absolute Gasteiger partial charge is 0.321 e. The number of anilines is 1. The molecule has 0 saturated carbocycles. The van der Waals surface area contributed by atoms with Crippen LogP contribution >= 0.6 is 0 Å². The summed E-state index contributed by atoms with van der Waals surface area (Å²) in [5, 5.41) is 22.7.